The summed E-state index contributed by atoms with van der Waals surface area (Å²) in [7, 11) is 0. The van der Waals surface area contributed by atoms with Gasteiger partial charge in [0.1, 0.15) is 0 Å². The van der Waals surface area contributed by atoms with Crippen molar-refractivity contribution in [1.29, 1.82) is 0 Å². The van der Waals surface area contributed by atoms with Crippen LogP contribution in [0.5, 0.6) is 0 Å². The highest BCUT2D eigenvalue weighted by atomic mass is 32.2. The lowest BCUT2D eigenvalue weighted by molar-refractivity contribution is 0.205. The Balaban J connectivity index is 1.81. The van der Waals surface area contributed by atoms with Crippen LogP contribution in [0, 0.1) is 5.92 Å². The van der Waals surface area contributed by atoms with Crippen LogP contribution >= 0.6 is 11.8 Å². The molecule has 0 aromatic rings. The molecule has 0 radical (unpaired) electrons. The summed E-state index contributed by atoms with van der Waals surface area (Å²) in [5.74, 6) is 3.22. The largest absolute Gasteiger partial charge is 0.396 e. The predicted octanol–water partition coefficient (Wildman–Crippen LogP) is 0.806. The second kappa shape index (κ2) is 3.99. The Morgan fingerprint density at radius 3 is 2.92 bits per heavy atom. The highest BCUT2D eigenvalue weighted by Crippen LogP contribution is 2.27. The summed E-state index contributed by atoms with van der Waals surface area (Å²) in [5.41, 5.74) is 0. The predicted molar refractivity (Wildman–Crippen MR) is 52.5 cm³/mol. The van der Waals surface area contributed by atoms with E-state index in [1.54, 1.807) is 0 Å². The van der Waals surface area contributed by atoms with Crippen LogP contribution in [0.3, 0.4) is 0 Å². The van der Waals surface area contributed by atoms with E-state index in [4.69, 9.17) is 5.11 Å². The molecule has 2 rings (SSSR count). The molecule has 0 unspecified atom stereocenters. The molecule has 2 saturated heterocycles. The minimum absolute atomic E-state index is 0.385. The van der Waals surface area contributed by atoms with E-state index in [9.17, 15) is 0 Å². The number of aliphatic hydroxyl groups is 1. The van der Waals surface area contributed by atoms with E-state index < -0.39 is 0 Å². The van der Waals surface area contributed by atoms with Crippen LogP contribution in [-0.4, -0.2) is 47.3 Å². The summed E-state index contributed by atoms with van der Waals surface area (Å²) in [5, 5.41) is 8.99. The summed E-state index contributed by atoms with van der Waals surface area (Å²) < 4.78 is 0. The second-order valence-electron chi connectivity index (χ2n) is 3.85. The molecule has 0 amide bonds. The summed E-state index contributed by atoms with van der Waals surface area (Å²) in [6.45, 7) is 2.74. The molecule has 3 heteroatoms. The number of likely N-dealkylation sites (tertiary alicyclic amines) is 1. The number of nitrogens with zero attached hydrogens (tertiary/aromatic N) is 1. The number of hydrogen-bond acceptors (Lipinski definition) is 3. The van der Waals surface area contributed by atoms with Crippen molar-refractivity contribution in [2.24, 2.45) is 5.92 Å². The zero-order valence-corrected chi connectivity index (χ0v) is 8.22. The lowest BCUT2D eigenvalue weighted by atomic mass is 10.1. The van der Waals surface area contributed by atoms with Crippen molar-refractivity contribution in [1.82, 2.24) is 4.90 Å². The topological polar surface area (TPSA) is 23.5 Å². The fourth-order valence-electron chi connectivity index (χ4n) is 2.15. The van der Waals surface area contributed by atoms with Crippen LogP contribution in [0.1, 0.15) is 12.8 Å². The van der Waals surface area contributed by atoms with Crippen LogP contribution in [0.2, 0.25) is 0 Å². The van der Waals surface area contributed by atoms with Crippen molar-refractivity contribution in [3.63, 3.8) is 0 Å². The molecule has 0 aliphatic carbocycles. The highest BCUT2D eigenvalue weighted by molar-refractivity contribution is 7.99. The molecular formula is C9H17NOS. The van der Waals surface area contributed by atoms with Gasteiger partial charge in [-0.25, -0.2) is 0 Å². The van der Waals surface area contributed by atoms with Crippen LogP contribution in [-0.2, 0) is 0 Å². The molecule has 0 spiro atoms. The molecule has 0 aromatic carbocycles. The number of thioether (sulfide) groups is 1. The van der Waals surface area contributed by atoms with Gasteiger partial charge < -0.3 is 5.11 Å². The van der Waals surface area contributed by atoms with E-state index in [1.807, 2.05) is 0 Å². The van der Waals surface area contributed by atoms with Crippen LogP contribution < -0.4 is 0 Å². The first-order valence-electron chi connectivity index (χ1n) is 4.83. The Labute approximate surface area is 78.3 Å². The minimum atomic E-state index is 0.385. The van der Waals surface area contributed by atoms with Gasteiger partial charge in [-0.05, 0) is 31.1 Å². The Morgan fingerprint density at radius 2 is 2.33 bits per heavy atom. The molecule has 2 atom stereocenters. The van der Waals surface area contributed by atoms with Crippen LogP contribution in [0.25, 0.3) is 0 Å². The first kappa shape index (κ1) is 8.85. The fraction of sp³-hybridized carbons (Fsp3) is 1.00. The third-order valence-corrected chi connectivity index (χ3v) is 4.14. The molecule has 0 saturated carbocycles. The number of hydrogen-bond donors (Lipinski definition) is 1. The first-order valence-corrected chi connectivity index (χ1v) is 5.98. The molecular weight excluding hydrogens is 170 g/mol. The molecule has 2 fully saturated rings. The summed E-state index contributed by atoms with van der Waals surface area (Å²) in [6, 6.07) is 0.826. The third kappa shape index (κ3) is 1.78. The van der Waals surface area contributed by atoms with E-state index in [1.165, 1.54) is 30.9 Å². The van der Waals surface area contributed by atoms with E-state index in [2.05, 4.69) is 16.7 Å². The number of aliphatic hydroxyl groups excluding tert-OH is 1. The zero-order valence-electron chi connectivity index (χ0n) is 7.41. The smallest absolute Gasteiger partial charge is 0.0471 e. The van der Waals surface area contributed by atoms with Crippen molar-refractivity contribution in [2.45, 2.75) is 18.9 Å². The van der Waals surface area contributed by atoms with Crippen molar-refractivity contribution < 1.29 is 5.11 Å². The normalized spacial score (nSPS) is 37.8. The Hall–Kier alpha value is 0.270. The maximum Gasteiger partial charge on any atom is 0.0471 e. The summed E-state index contributed by atoms with van der Waals surface area (Å²) >= 11 is 2.07. The summed E-state index contributed by atoms with van der Waals surface area (Å²) in [6.07, 6.45) is 2.57. The van der Waals surface area contributed by atoms with Crippen LogP contribution in [0.15, 0.2) is 0 Å². The van der Waals surface area contributed by atoms with Crippen molar-refractivity contribution >= 4 is 11.8 Å². The van der Waals surface area contributed by atoms with Gasteiger partial charge in [-0.1, -0.05) is 0 Å². The van der Waals surface area contributed by atoms with Gasteiger partial charge in [0.05, 0.1) is 0 Å². The molecule has 2 aliphatic rings. The number of rotatable bonds is 2. The van der Waals surface area contributed by atoms with E-state index in [-0.39, 0.29) is 0 Å². The zero-order chi connectivity index (χ0) is 8.39. The highest BCUT2D eigenvalue weighted by Gasteiger charge is 2.29. The molecule has 70 valence electrons. The van der Waals surface area contributed by atoms with Gasteiger partial charge in [0.15, 0.2) is 0 Å². The molecule has 0 aromatic heterocycles. The third-order valence-electron chi connectivity index (χ3n) is 3.00. The lowest BCUT2D eigenvalue weighted by Gasteiger charge is -2.22. The standard InChI is InChI=1S/C9H17NOS/c11-6-8-1-3-10(5-8)9-2-4-12-7-9/h8-9,11H,1-7H2/t8-,9-/m0/s1. The van der Waals surface area contributed by atoms with Crippen molar-refractivity contribution in [2.75, 3.05) is 31.2 Å². The second-order valence-corrected chi connectivity index (χ2v) is 5.00. The SMILES string of the molecule is OC[C@H]1CCN([C@H]2CCSC2)C1. The van der Waals surface area contributed by atoms with Gasteiger partial charge in [0.25, 0.3) is 0 Å². The molecule has 2 heterocycles. The van der Waals surface area contributed by atoms with Gasteiger partial charge in [-0.15, -0.1) is 0 Å². The maximum absolute atomic E-state index is 8.99. The minimum Gasteiger partial charge on any atom is -0.396 e. The van der Waals surface area contributed by atoms with Crippen molar-refractivity contribution in [3.05, 3.63) is 0 Å². The van der Waals surface area contributed by atoms with E-state index >= 15 is 0 Å². The van der Waals surface area contributed by atoms with Gasteiger partial charge >= 0.3 is 0 Å². The quantitative estimate of drug-likeness (QED) is 0.692. The van der Waals surface area contributed by atoms with Gasteiger partial charge in [0.2, 0.25) is 0 Å². The summed E-state index contributed by atoms with van der Waals surface area (Å²) in [4.78, 5) is 2.57. The average molecular weight is 187 g/mol. The first-order chi connectivity index (χ1) is 5.90. The monoisotopic (exact) mass is 187 g/mol. The molecule has 1 N–H and O–H groups in total. The Morgan fingerprint density at radius 1 is 1.42 bits per heavy atom. The molecule has 0 bridgehead atoms. The van der Waals surface area contributed by atoms with Crippen LogP contribution in [0.4, 0.5) is 0 Å². The average Bonchev–Trinajstić information content (AvgIpc) is 2.75. The Kier molecular flexibility index (Phi) is 2.94. The van der Waals surface area contributed by atoms with Gasteiger partial charge in [-0.3, -0.25) is 4.90 Å². The van der Waals surface area contributed by atoms with E-state index in [0.29, 0.717) is 12.5 Å². The fourth-order valence-corrected chi connectivity index (χ4v) is 3.41. The maximum atomic E-state index is 8.99. The molecule has 2 aliphatic heterocycles. The molecule has 2 nitrogen and oxygen atoms in total. The Bertz CT molecular complexity index is 147. The van der Waals surface area contributed by atoms with Gasteiger partial charge in [-0.2, -0.15) is 11.8 Å². The van der Waals surface area contributed by atoms with Crippen molar-refractivity contribution in [3.8, 4) is 0 Å². The molecule has 12 heavy (non-hydrogen) atoms. The lowest BCUT2D eigenvalue weighted by Crippen LogP contribution is -2.33. The van der Waals surface area contributed by atoms with Gasteiger partial charge in [0, 0.05) is 24.9 Å². The van der Waals surface area contributed by atoms with E-state index in [0.717, 1.165) is 12.6 Å².